The number of rotatable bonds is 4. The van der Waals surface area contributed by atoms with Gasteiger partial charge in [0.1, 0.15) is 5.69 Å². The van der Waals surface area contributed by atoms with Crippen LogP contribution in [0.2, 0.25) is 0 Å². The minimum atomic E-state index is -1.20. The van der Waals surface area contributed by atoms with Gasteiger partial charge in [-0.1, -0.05) is 5.92 Å². The Labute approximate surface area is 97.4 Å². The maximum Gasteiger partial charge on any atom is 0.335 e. The molecule has 1 aromatic carbocycles. The van der Waals surface area contributed by atoms with Gasteiger partial charge in [0.2, 0.25) is 0 Å². The number of benzene rings is 1. The lowest BCUT2D eigenvalue weighted by Crippen LogP contribution is -2.04. The third-order valence-corrected chi connectivity index (χ3v) is 1.99. The molecule has 17 heavy (non-hydrogen) atoms. The summed E-state index contributed by atoms with van der Waals surface area (Å²) in [6.07, 6.45) is 0. The number of hydrogen-bond acceptors (Lipinski definition) is 4. The molecule has 0 spiro atoms. The van der Waals surface area contributed by atoms with Crippen LogP contribution in [0.4, 0.5) is 11.4 Å². The molecule has 0 aliphatic heterocycles. The highest BCUT2D eigenvalue weighted by Crippen LogP contribution is 2.25. The predicted molar refractivity (Wildman–Crippen MR) is 62.0 cm³/mol. The zero-order valence-corrected chi connectivity index (χ0v) is 9.06. The highest BCUT2D eigenvalue weighted by atomic mass is 16.6. The zero-order chi connectivity index (χ0) is 12.8. The van der Waals surface area contributed by atoms with Crippen LogP contribution in [0.15, 0.2) is 18.2 Å². The fourth-order valence-corrected chi connectivity index (χ4v) is 1.19. The summed E-state index contributed by atoms with van der Waals surface area (Å²) in [6.45, 7) is 1.92. The summed E-state index contributed by atoms with van der Waals surface area (Å²) in [5.74, 6) is 4.14. The third-order valence-electron chi connectivity index (χ3n) is 1.99. The van der Waals surface area contributed by atoms with Crippen LogP contribution in [0.3, 0.4) is 0 Å². The normalized spacial score (nSPS) is 9.00. The van der Waals surface area contributed by atoms with E-state index in [1.807, 2.05) is 0 Å². The predicted octanol–water partition coefficient (Wildman–Crippen LogP) is 1.73. The fraction of sp³-hybridized carbons (Fsp3) is 0.182. The number of hydrogen-bond donors (Lipinski definition) is 2. The Kier molecular flexibility index (Phi) is 4.06. The van der Waals surface area contributed by atoms with Crippen molar-refractivity contribution in [3.63, 3.8) is 0 Å². The molecule has 0 aliphatic carbocycles. The Morgan fingerprint density at radius 2 is 2.29 bits per heavy atom. The van der Waals surface area contributed by atoms with Crippen LogP contribution in [-0.2, 0) is 0 Å². The van der Waals surface area contributed by atoms with Crippen molar-refractivity contribution in [3.8, 4) is 11.8 Å². The fourth-order valence-electron chi connectivity index (χ4n) is 1.19. The second-order valence-electron chi connectivity index (χ2n) is 3.07. The number of nitro benzene ring substituents is 1. The smallest absolute Gasteiger partial charge is 0.335 e. The average molecular weight is 234 g/mol. The Morgan fingerprint density at radius 3 is 2.82 bits per heavy atom. The number of nitrogens with zero attached hydrogens (tertiary/aromatic N) is 1. The molecule has 0 fully saturated rings. The van der Waals surface area contributed by atoms with E-state index < -0.39 is 10.9 Å². The van der Waals surface area contributed by atoms with E-state index in [9.17, 15) is 14.9 Å². The number of nitrogens with one attached hydrogen (secondary N) is 1. The Hall–Kier alpha value is -2.55. The first-order chi connectivity index (χ1) is 8.06. The first-order valence-electron chi connectivity index (χ1n) is 4.71. The van der Waals surface area contributed by atoms with Crippen molar-refractivity contribution in [3.05, 3.63) is 33.9 Å². The minimum Gasteiger partial charge on any atom is -0.478 e. The molecule has 88 valence electrons. The lowest BCUT2D eigenvalue weighted by molar-refractivity contribution is -0.384. The van der Waals surface area contributed by atoms with E-state index in [4.69, 9.17) is 5.11 Å². The van der Waals surface area contributed by atoms with Crippen molar-refractivity contribution in [2.24, 2.45) is 0 Å². The number of nitro groups is 1. The molecule has 0 aromatic heterocycles. The van der Waals surface area contributed by atoms with E-state index in [0.717, 1.165) is 6.07 Å². The van der Waals surface area contributed by atoms with Crippen LogP contribution < -0.4 is 5.32 Å². The van der Waals surface area contributed by atoms with Crippen LogP contribution in [0.5, 0.6) is 0 Å². The van der Waals surface area contributed by atoms with Gasteiger partial charge in [0.25, 0.3) is 5.69 Å². The molecule has 0 radical (unpaired) electrons. The minimum absolute atomic E-state index is 0.121. The molecular weight excluding hydrogens is 224 g/mol. The summed E-state index contributed by atoms with van der Waals surface area (Å²) in [4.78, 5) is 20.8. The topological polar surface area (TPSA) is 92.5 Å². The Balaban J connectivity index is 3.07. The van der Waals surface area contributed by atoms with Crippen molar-refractivity contribution < 1.29 is 14.8 Å². The first kappa shape index (κ1) is 12.5. The van der Waals surface area contributed by atoms with Gasteiger partial charge in [0.05, 0.1) is 17.0 Å². The molecule has 1 aromatic rings. The standard InChI is InChI=1S/C11H10N2O4/c1-2-3-6-12-9-5-4-8(11(14)15)7-10(9)13(16)17/h4-5,7,12H,6H2,1H3,(H,14,15). The summed E-state index contributed by atoms with van der Waals surface area (Å²) in [7, 11) is 0. The molecule has 0 unspecified atom stereocenters. The lowest BCUT2D eigenvalue weighted by Gasteiger charge is -2.04. The second kappa shape index (κ2) is 5.51. The van der Waals surface area contributed by atoms with Crippen molar-refractivity contribution in [1.82, 2.24) is 0 Å². The van der Waals surface area contributed by atoms with Gasteiger partial charge in [-0.2, -0.15) is 0 Å². The monoisotopic (exact) mass is 234 g/mol. The van der Waals surface area contributed by atoms with Gasteiger partial charge in [-0.15, -0.1) is 5.92 Å². The third kappa shape index (κ3) is 3.21. The number of carboxylic acids is 1. The number of carboxylic acid groups (broad SMARTS) is 1. The van der Waals surface area contributed by atoms with Crippen molar-refractivity contribution in [2.75, 3.05) is 11.9 Å². The molecular formula is C11H10N2O4. The van der Waals surface area contributed by atoms with Crippen molar-refractivity contribution in [1.29, 1.82) is 0 Å². The molecule has 2 N–H and O–H groups in total. The van der Waals surface area contributed by atoms with Gasteiger partial charge in [0, 0.05) is 6.07 Å². The van der Waals surface area contributed by atoms with Crippen LogP contribution in [-0.4, -0.2) is 22.5 Å². The quantitative estimate of drug-likeness (QED) is 0.470. The van der Waals surface area contributed by atoms with Gasteiger partial charge in [-0.25, -0.2) is 4.79 Å². The van der Waals surface area contributed by atoms with Gasteiger partial charge in [-0.3, -0.25) is 10.1 Å². The van der Waals surface area contributed by atoms with E-state index in [2.05, 4.69) is 17.2 Å². The number of anilines is 1. The highest BCUT2D eigenvalue weighted by Gasteiger charge is 2.16. The molecule has 0 amide bonds. The van der Waals surface area contributed by atoms with E-state index in [1.54, 1.807) is 6.92 Å². The lowest BCUT2D eigenvalue weighted by atomic mass is 10.1. The maximum atomic E-state index is 10.8. The molecule has 6 nitrogen and oxygen atoms in total. The molecule has 0 atom stereocenters. The molecule has 0 bridgehead atoms. The van der Waals surface area contributed by atoms with Crippen LogP contribution in [0.25, 0.3) is 0 Å². The molecule has 0 saturated heterocycles. The van der Waals surface area contributed by atoms with E-state index in [0.29, 0.717) is 0 Å². The Bertz CT molecular complexity index is 514. The van der Waals surface area contributed by atoms with Gasteiger partial charge in [0.15, 0.2) is 0 Å². The summed E-state index contributed by atoms with van der Waals surface area (Å²) in [5.41, 5.74) is -0.144. The summed E-state index contributed by atoms with van der Waals surface area (Å²) >= 11 is 0. The maximum absolute atomic E-state index is 10.8. The second-order valence-corrected chi connectivity index (χ2v) is 3.07. The van der Waals surface area contributed by atoms with Gasteiger partial charge in [-0.05, 0) is 19.1 Å². The molecule has 6 heteroatoms. The van der Waals surface area contributed by atoms with E-state index in [-0.39, 0.29) is 23.5 Å². The van der Waals surface area contributed by atoms with Crippen LogP contribution >= 0.6 is 0 Å². The van der Waals surface area contributed by atoms with E-state index in [1.165, 1.54) is 12.1 Å². The van der Waals surface area contributed by atoms with Gasteiger partial charge >= 0.3 is 5.97 Å². The average Bonchev–Trinajstić information content (AvgIpc) is 2.29. The Morgan fingerprint density at radius 1 is 1.59 bits per heavy atom. The van der Waals surface area contributed by atoms with Crippen molar-refractivity contribution >= 4 is 17.3 Å². The summed E-state index contributed by atoms with van der Waals surface area (Å²) in [6, 6.07) is 3.68. The summed E-state index contributed by atoms with van der Waals surface area (Å²) in [5, 5.41) is 22.3. The van der Waals surface area contributed by atoms with Crippen LogP contribution in [0, 0.1) is 22.0 Å². The first-order valence-corrected chi connectivity index (χ1v) is 4.71. The molecule has 1 rings (SSSR count). The van der Waals surface area contributed by atoms with E-state index >= 15 is 0 Å². The zero-order valence-electron chi connectivity index (χ0n) is 9.06. The van der Waals surface area contributed by atoms with Crippen LogP contribution in [0.1, 0.15) is 17.3 Å². The largest absolute Gasteiger partial charge is 0.478 e. The number of aromatic carboxylic acids is 1. The molecule has 0 saturated carbocycles. The molecule has 0 aliphatic rings. The molecule has 0 heterocycles. The number of carbonyl (C=O) groups is 1. The highest BCUT2D eigenvalue weighted by molar-refractivity contribution is 5.89. The summed E-state index contributed by atoms with van der Waals surface area (Å²) < 4.78 is 0. The SMILES string of the molecule is CC#CCNc1ccc(C(=O)O)cc1[N+](=O)[O-]. The van der Waals surface area contributed by atoms with Crippen molar-refractivity contribution in [2.45, 2.75) is 6.92 Å². The van der Waals surface area contributed by atoms with Gasteiger partial charge < -0.3 is 10.4 Å².